The Kier molecular flexibility index (Phi) is 23.6. The van der Waals surface area contributed by atoms with E-state index in [-0.39, 0.29) is 19.5 Å². The van der Waals surface area contributed by atoms with Gasteiger partial charge in [0, 0.05) is 0 Å². The molecule has 0 atom stereocenters. The van der Waals surface area contributed by atoms with E-state index in [0.29, 0.717) is 0 Å². The van der Waals surface area contributed by atoms with Crippen molar-refractivity contribution in [3.8, 4) is 0 Å². The van der Waals surface area contributed by atoms with Crippen molar-refractivity contribution >= 4 is 0 Å². The standard InChI is InChI=1S/C7H16N.C5H12N.Zn/c1-4-6-8(3)7-5-2;1-4-5-6(2)3;/h1,4-7H2,2-3H3;1,4-5H2,2-3H3;/q2*-1;+2. The number of rotatable bonds is 6. The summed E-state index contributed by atoms with van der Waals surface area (Å²) in [4.78, 5) is 4.42. The smallest absolute Gasteiger partial charge is 0.342 e. The Morgan fingerprint density at radius 3 is 1.53 bits per heavy atom. The van der Waals surface area contributed by atoms with Gasteiger partial charge in [-0.3, -0.25) is 0 Å². The maximum absolute atomic E-state index is 3.77. The number of hydrogen-bond acceptors (Lipinski definition) is 2. The van der Waals surface area contributed by atoms with Crippen molar-refractivity contribution in [3.05, 3.63) is 13.8 Å². The van der Waals surface area contributed by atoms with Crippen LogP contribution >= 0.6 is 0 Å². The first kappa shape index (κ1) is 20.9. The quantitative estimate of drug-likeness (QED) is 0.537. The zero-order chi connectivity index (χ0) is 11.4. The van der Waals surface area contributed by atoms with E-state index in [4.69, 9.17) is 0 Å². The van der Waals surface area contributed by atoms with E-state index in [1.54, 1.807) is 0 Å². The second-order valence-corrected chi connectivity index (χ2v) is 3.81. The van der Waals surface area contributed by atoms with Crippen LogP contribution in [0, 0.1) is 13.8 Å². The summed E-state index contributed by atoms with van der Waals surface area (Å²) in [5.41, 5.74) is 0. The fraction of sp³-hybridized carbons (Fsp3) is 0.833. The Morgan fingerprint density at radius 2 is 1.33 bits per heavy atom. The molecule has 0 aliphatic heterocycles. The first-order valence-corrected chi connectivity index (χ1v) is 5.50. The molecule has 0 heterocycles. The van der Waals surface area contributed by atoms with Gasteiger partial charge in [0.25, 0.3) is 0 Å². The number of nitrogens with zero attached hydrogens (tertiary/aromatic N) is 2. The summed E-state index contributed by atoms with van der Waals surface area (Å²) in [7, 11) is 6.23. The Hall–Kier alpha value is 0.543. The van der Waals surface area contributed by atoms with Crippen molar-refractivity contribution in [1.82, 2.24) is 9.80 Å². The summed E-state index contributed by atoms with van der Waals surface area (Å²) in [6, 6.07) is 0. The molecule has 0 fully saturated rings. The first-order chi connectivity index (χ1) is 6.58. The molecule has 0 spiro atoms. The molecule has 15 heavy (non-hydrogen) atoms. The van der Waals surface area contributed by atoms with Crippen LogP contribution in [0.15, 0.2) is 0 Å². The molecular weight excluding hydrogens is 238 g/mol. The van der Waals surface area contributed by atoms with E-state index in [2.05, 4.69) is 37.6 Å². The fourth-order valence-corrected chi connectivity index (χ4v) is 1.08. The van der Waals surface area contributed by atoms with Gasteiger partial charge in [-0.25, -0.2) is 0 Å². The molecule has 0 radical (unpaired) electrons. The van der Waals surface area contributed by atoms with Crippen LogP contribution in [0.25, 0.3) is 0 Å². The molecule has 0 aromatic heterocycles. The van der Waals surface area contributed by atoms with Gasteiger partial charge in [-0.2, -0.15) is 12.8 Å². The molecule has 0 N–H and O–H groups in total. The summed E-state index contributed by atoms with van der Waals surface area (Å²) < 4.78 is 0. The van der Waals surface area contributed by atoms with Crippen LogP contribution < -0.4 is 0 Å². The average Bonchev–Trinajstić information content (AvgIpc) is 2.05. The molecule has 0 aliphatic rings. The van der Waals surface area contributed by atoms with Crippen LogP contribution in [0.5, 0.6) is 0 Å². The third-order valence-corrected chi connectivity index (χ3v) is 1.75. The van der Waals surface area contributed by atoms with Gasteiger partial charge in [0.2, 0.25) is 0 Å². The van der Waals surface area contributed by atoms with Crippen LogP contribution in [-0.4, -0.2) is 50.6 Å². The Labute approximate surface area is 110 Å². The van der Waals surface area contributed by atoms with Gasteiger partial charge in [0.1, 0.15) is 0 Å². The van der Waals surface area contributed by atoms with Gasteiger partial charge >= 0.3 is 19.5 Å². The minimum absolute atomic E-state index is 0. The monoisotopic (exact) mass is 264 g/mol. The van der Waals surface area contributed by atoms with Crippen LogP contribution in [-0.2, 0) is 19.5 Å². The van der Waals surface area contributed by atoms with Crippen LogP contribution in [0.2, 0.25) is 0 Å². The molecule has 0 aromatic rings. The topological polar surface area (TPSA) is 6.48 Å². The molecule has 3 heteroatoms. The molecule has 0 bridgehead atoms. The van der Waals surface area contributed by atoms with Gasteiger partial charge in [-0.15, -0.1) is 0 Å². The molecule has 0 amide bonds. The Balaban J connectivity index is -0.000000187. The van der Waals surface area contributed by atoms with Gasteiger partial charge < -0.3 is 23.6 Å². The normalized spacial score (nSPS) is 9.60. The maximum Gasteiger partial charge on any atom is 2.00 e. The maximum atomic E-state index is 3.77. The molecule has 0 aromatic carbocycles. The van der Waals surface area contributed by atoms with Gasteiger partial charge in [0.05, 0.1) is 0 Å². The summed E-state index contributed by atoms with van der Waals surface area (Å²) >= 11 is 0. The van der Waals surface area contributed by atoms with Crippen molar-refractivity contribution in [2.24, 2.45) is 0 Å². The minimum atomic E-state index is 0. The zero-order valence-electron chi connectivity index (χ0n) is 11.3. The largest absolute Gasteiger partial charge is 2.00 e. The first-order valence-electron chi connectivity index (χ1n) is 5.50. The zero-order valence-corrected chi connectivity index (χ0v) is 14.2. The molecule has 0 aliphatic carbocycles. The van der Waals surface area contributed by atoms with E-state index < -0.39 is 0 Å². The SMILES string of the molecule is [CH2-]CCN(C)C.[CH2-]CCN(C)CCC.[Zn+2]. The van der Waals surface area contributed by atoms with E-state index in [9.17, 15) is 0 Å². The van der Waals surface area contributed by atoms with E-state index in [0.717, 1.165) is 25.9 Å². The van der Waals surface area contributed by atoms with Gasteiger partial charge in [-0.1, -0.05) is 6.92 Å². The van der Waals surface area contributed by atoms with Crippen LogP contribution in [0.4, 0.5) is 0 Å². The molecule has 0 rings (SSSR count). The third kappa shape index (κ3) is 25.1. The van der Waals surface area contributed by atoms with Gasteiger partial charge in [-0.05, 0) is 47.2 Å². The second-order valence-electron chi connectivity index (χ2n) is 3.81. The van der Waals surface area contributed by atoms with Crippen LogP contribution in [0.3, 0.4) is 0 Å². The van der Waals surface area contributed by atoms with Crippen molar-refractivity contribution in [2.75, 3.05) is 40.8 Å². The summed E-state index contributed by atoms with van der Waals surface area (Å²) in [6.07, 6.45) is 3.28. The predicted octanol–water partition coefficient (Wildman–Crippen LogP) is 2.32. The van der Waals surface area contributed by atoms with Crippen molar-refractivity contribution < 1.29 is 19.5 Å². The Morgan fingerprint density at radius 1 is 0.867 bits per heavy atom. The fourth-order valence-electron chi connectivity index (χ4n) is 1.08. The van der Waals surface area contributed by atoms with Crippen molar-refractivity contribution in [1.29, 1.82) is 0 Å². The van der Waals surface area contributed by atoms with Crippen LogP contribution in [0.1, 0.15) is 26.2 Å². The predicted molar refractivity (Wildman–Crippen MR) is 66.3 cm³/mol. The minimum Gasteiger partial charge on any atom is -0.342 e. The average molecular weight is 266 g/mol. The second kappa shape index (κ2) is 17.0. The summed E-state index contributed by atoms with van der Waals surface area (Å²) in [6.45, 7) is 13.1. The van der Waals surface area contributed by atoms with E-state index >= 15 is 0 Å². The Bertz CT molecular complexity index is 91.6. The molecule has 0 saturated carbocycles. The summed E-state index contributed by atoms with van der Waals surface area (Å²) in [5.74, 6) is 0. The van der Waals surface area contributed by atoms with E-state index in [1.807, 2.05) is 14.1 Å². The third-order valence-electron chi connectivity index (χ3n) is 1.75. The van der Waals surface area contributed by atoms with E-state index in [1.165, 1.54) is 13.0 Å². The molecule has 2 nitrogen and oxygen atoms in total. The molecule has 0 saturated heterocycles. The number of hydrogen-bond donors (Lipinski definition) is 0. The molecule has 88 valence electrons. The molecular formula is C12H28N2Zn. The van der Waals surface area contributed by atoms with Crippen molar-refractivity contribution in [2.45, 2.75) is 26.2 Å². The van der Waals surface area contributed by atoms with Crippen molar-refractivity contribution in [3.63, 3.8) is 0 Å². The molecule has 0 unspecified atom stereocenters. The summed E-state index contributed by atoms with van der Waals surface area (Å²) in [5, 5.41) is 0. The van der Waals surface area contributed by atoms with Gasteiger partial charge in [0.15, 0.2) is 0 Å².